The number of nitrogens with zero attached hydrogens (tertiary/aromatic N) is 1. The average Bonchev–Trinajstić information content (AvgIpc) is 2.38. The van der Waals surface area contributed by atoms with Crippen molar-refractivity contribution in [2.45, 2.75) is 32.7 Å². The summed E-state index contributed by atoms with van der Waals surface area (Å²) >= 11 is 0. The molecule has 5 nitrogen and oxygen atoms in total. The number of rotatable bonds is 7. The van der Waals surface area contributed by atoms with E-state index in [2.05, 4.69) is 10.6 Å². The molecule has 2 N–H and O–H groups in total. The second-order valence-electron chi connectivity index (χ2n) is 5.52. The van der Waals surface area contributed by atoms with Crippen LogP contribution in [0.25, 0.3) is 0 Å². The van der Waals surface area contributed by atoms with E-state index in [1.165, 1.54) is 0 Å². The van der Waals surface area contributed by atoms with E-state index in [1.54, 1.807) is 24.3 Å². The summed E-state index contributed by atoms with van der Waals surface area (Å²) < 4.78 is 0. The smallest absolute Gasteiger partial charge is 0.251 e. The summed E-state index contributed by atoms with van der Waals surface area (Å²) in [6, 6.07) is 7.06. The van der Waals surface area contributed by atoms with Crippen LogP contribution in [0.4, 0.5) is 5.69 Å². The quantitative estimate of drug-likeness (QED) is 0.809. The lowest BCUT2D eigenvalue weighted by Gasteiger charge is -2.18. The maximum Gasteiger partial charge on any atom is 0.251 e. The van der Waals surface area contributed by atoms with Gasteiger partial charge in [-0.25, -0.2) is 0 Å². The largest absolute Gasteiger partial charge is 0.348 e. The molecule has 0 bridgehead atoms. The number of amides is 2. The number of hydrogen-bond donors (Lipinski definition) is 2. The highest BCUT2D eigenvalue weighted by molar-refractivity contribution is 5.97. The van der Waals surface area contributed by atoms with E-state index in [4.69, 9.17) is 0 Å². The van der Waals surface area contributed by atoms with Gasteiger partial charge in [-0.15, -0.1) is 0 Å². The van der Waals surface area contributed by atoms with Crippen LogP contribution in [0, 0.1) is 0 Å². The van der Waals surface area contributed by atoms with E-state index in [1.807, 2.05) is 32.8 Å². The van der Waals surface area contributed by atoms with Gasteiger partial charge >= 0.3 is 0 Å². The zero-order valence-corrected chi connectivity index (χ0v) is 13.3. The van der Waals surface area contributed by atoms with Gasteiger partial charge in [0.1, 0.15) is 0 Å². The Balaban J connectivity index is 2.66. The van der Waals surface area contributed by atoms with Gasteiger partial charge in [-0.2, -0.15) is 0 Å². The molecule has 5 heteroatoms. The molecular weight excluding hydrogens is 266 g/mol. The van der Waals surface area contributed by atoms with Gasteiger partial charge in [0.05, 0.1) is 0 Å². The molecule has 0 saturated heterocycles. The lowest BCUT2D eigenvalue weighted by molar-refractivity contribution is -0.116. The summed E-state index contributed by atoms with van der Waals surface area (Å²) in [7, 11) is 3.93. The number of anilines is 1. The topological polar surface area (TPSA) is 61.4 Å². The minimum atomic E-state index is -0.129. The molecule has 0 heterocycles. The monoisotopic (exact) mass is 291 g/mol. The molecule has 0 aliphatic rings. The molecule has 21 heavy (non-hydrogen) atoms. The molecule has 1 atom stereocenters. The lowest BCUT2D eigenvalue weighted by Crippen LogP contribution is -2.39. The van der Waals surface area contributed by atoms with Crippen molar-refractivity contribution in [3.63, 3.8) is 0 Å². The van der Waals surface area contributed by atoms with E-state index in [-0.39, 0.29) is 17.9 Å². The van der Waals surface area contributed by atoms with Crippen molar-refractivity contribution in [3.8, 4) is 0 Å². The molecule has 0 unspecified atom stereocenters. The first-order valence-corrected chi connectivity index (χ1v) is 7.28. The van der Waals surface area contributed by atoms with E-state index in [9.17, 15) is 9.59 Å². The summed E-state index contributed by atoms with van der Waals surface area (Å²) in [5, 5.41) is 5.74. The van der Waals surface area contributed by atoms with E-state index >= 15 is 0 Å². The van der Waals surface area contributed by atoms with Gasteiger partial charge in [0.2, 0.25) is 5.91 Å². The van der Waals surface area contributed by atoms with Gasteiger partial charge in [0.15, 0.2) is 0 Å². The number of benzene rings is 1. The van der Waals surface area contributed by atoms with Crippen molar-refractivity contribution >= 4 is 17.5 Å². The number of carbonyl (C=O) groups is 2. The molecule has 1 aromatic rings. The maximum absolute atomic E-state index is 12.2. The summed E-state index contributed by atoms with van der Waals surface area (Å²) in [6.45, 7) is 4.69. The van der Waals surface area contributed by atoms with Crippen LogP contribution in [0.3, 0.4) is 0 Å². The third kappa shape index (κ3) is 6.40. The van der Waals surface area contributed by atoms with Crippen molar-refractivity contribution < 1.29 is 9.59 Å². The standard InChI is InChI=1S/C16H25N3O2/c1-5-7-15(20)18-14-9-6-8-13(10-14)16(21)17-12(2)11-19(3)4/h6,8-10,12H,5,7,11H2,1-4H3,(H,17,21)(H,18,20)/t12-/m0/s1. The SMILES string of the molecule is CCCC(=O)Nc1cccc(C(=O)N[C@@H](C)CN(C)C)c1. The van der Waals surface area contributed by atoms with Gasteiger partial charge in [0.25, 0.3) is 5.91 Å². The van der Waals surface area contributed by atoms with Crippen molar-refractivity contribution in [3.05, 3.63) is 29.8 Å². The minimum Gasteiger partial charge on any atom is -0.348 e. The van der Waals surface area contributed by atoms with E-state index < -0.39 is 0 Å². The average molecular weight is 291 g/mol. The second kappa shape index (κ2) is 8.42. The highest BCUT2D eigenvalue weighted by Gasteiger charge is 2.11. The summed E-state index contributed by atoms with van der Waals surface area (Å²) in [5.74, 6) is -0.160. The molecule has 0 spiro atoms. The first-order chi connectivity index (χ1) is 9.92. The molecule has 0 aliphatic heterocycles. The minimum absolute atomic E-state index is 0.0315. The van der Waals surface area contributed by atoms with Crippen LogP contribution in [0.5, 0.6) is 0 Å². The third-order valence-electron chi connectivity index (χ3n) is 2.90. The van der Waals surface area contributed by atoms with Crippen LogP contribution in [-0.2, 0) is 4.79 Å². The number of likely N-dealkylation sites (N-methyl/N-ethyl adjacent to an activating group) is 1. The number of nitrogens with one attached hydrogen (secondary N) is 2. The Morgan fingerprint density at radius 1 is 1.29 bits per heavy atom. The van der Waals surface area contributed by atoms with Gasteiger partial charge in [-0.3, -0.25) is 9.59 Å². The van der Waals surface area contributed by atoms with Crippen LogP contribution in [-0.4, -0.2) is 43.4 Å². The first kappa shape index (κ1) is 17.2. The van der Waals surface area contributed by atoms with Crippen molar-refractivity contribution in [1.82, 2.24) is 10.2 Å². The normalized spacial score (nSPS) is 12.0. The fourth-order valence-corrected chi connectivity index (χ4v) is 2.09. The molecule has 0 aliphatic carbocycles. The second-order valence-corrected chi connectivity index (χ2v) is 5.52. The predicted molar refractivity (Wildman–Crippen MR) is 85.5 cm³/mol. The fourth-order valence-electron chi connectivity index (χ4n) is 2.09. The Morgan fingerprint density at radius 2 is 2.00 bits per heavy atom. The van der Waals surface area contributed by atoms with Gasteiger partial charge in [-0.1, -0.05) is 13.0 Å². The molecule has 1 aromatic carbocycles. The van der Waals surface area contributed by atoms with Gasteiger partial charge < -0.3 is 15.5 Å². The molecule has 2 amide bonds. The Kier molecular flexibility index (Phi) is 6.88. The highest BCUT2D eigenvalue weighted by Crippen LogP contribution is 2.11. The Morgan fingerprint density at radius 3 is 2.62 bits per heavy atom. The number of hydrogen-bond acceptors (Lipinski definition) is 3. The predicted octanol–water partition coefficient (Wildman–Crippen LogP) is 2.11. The molecule has 0 radical (unpaired) electrons. The summed E-state index contributed by atoms with van der Waals surface area (Å²) in [4.78, 5) is 25.8. The molecule has 1 rings (SSSR count). The molecule has 0 saturated carbocycles. The first-order valence-electron chi connectivity index (χ1n) is 7.28. The van der Waals surface area contributed by atoms with Crippen LogP contribution in [0.15, 0.2) is 24.3 Å². The van der Waals surface area contributed by atoms with Crippen molar-refractivity contribution in [1.29, 1.82) is 0 Å². The Hall–Kier alpha value is -1.88. The zero-order chi connectivity index (χ0) is 15.8. The van der Waals surface area contributed by atoms with Gasteiger partial charge in [0, 0.05) is 30.3 Å². The van der Waals surface area contributed by atoms with Crippen LogP contribution in [0.2, 0.25) is 0 Å². The summed E-state index contributed by atoms with van der Waals surface area (Å²) in [6.07, 6.45) is 1.28. The zero-order valence-electron chi connectivity index (χ0n) is 13.3. The Bertz CT molecular complexity index is 486. The van der Waals surface area contributed by atoms with E-state index in [0.29, 0.717) is 17.7 Å². The van der Waals surface area contributed by atoms with Crippen LogP contribution >= 0.6 is 0 Å². The van der Waals surface area contributed by atoms with Gasteiger partial charge in [-0.05, 0) is 45.6 Å². The third-order valence-corrected chi connectivity index (χ3v) is 2.90. The highest BCUT2D eigenvalue weighted by atomic mass is 16.2. The Labute approximate surface area is 126 Å². The fraction of sp³-hybridized carbons (Fsp3) is 0.500. The lowest BCUT2D eigenvalue weighted by atomic mass is 10.1. The van der Waals surface area contributed by atoms with Crippen molar-refractivity contribution in [2.24, 2.45) is 0 Å². The molecule has 116 valence electrons. The van der Waals surface area contributed by atoms with Crippen LogP contribution < -0.4 is 10.6 Å². The van der Waals surface area contributed by atoms with Crippen molar-refractivity contribution in [2.75, 3.05) is 26.0 Å². The molecule has 0 aromatic heterocycles. The van der Waals surface area contributed by atoms with E-state index in [0.717, 1.165) is 13.0 Å². The van der Waals surface area contributed by atoms with Crippen LogP contribution in [0.1, 0.15) is 37.0 Å². The number of carbonyl (C=O) groups excluding carboxylic acids is 2. The molecular formula is C16H25N3O2. The molecule has 0 fully saturated rings. The summed E-state index contributed by atoms with van der Waals surface area (Å²) in [5.41, 5.74) is 1.20. The maximum atomic E-state index is 12.2.